The van der Waals surface area contributed by atoms with E-state index < -0.39 is 0 Å². The monoisotopic (exact) mass is 191 g/mol. The van der Waals surface area contributed by atoms with E-state index in [1.807, 2.05) is 35.2 Å². The fourth-order valence-electron chi connectivity index (χ4n) is 1.68. The quantitative estimate of drug-likeness (QED) is 0.685. The minimum Gasteiger partial charge on any atom is -0.369 e. The van der Waals surface area contributed by atoms with Crippen LogP contribution in [-0.4, -0.2) is 18.6 Å². The van der Waals surface area contributed by atoms with E-state index in [9.17, 15) is 4.79 Å². The number of primary amides is 1. The zero-order valence-corrected chi connectivity index (χ0v) is 7.76. The van der Waals surface area contributed by atoms with Crippen molar-refractivity contribution in [2.75, 3.05) is 11.4 Å². The molecule has 0 aromatic heterocycles. The van der Waals surface area contributed by atoms with Crippen LogP contribution in [-0.2, 0) is 4.79 Å². The Kier molecular flexibility index (Phi) is 2.13. The number of hydrogen-bond acceptors (Lipinski definition) is 3. The largest absolute Gasteiger partial charge is 0.369 e. The molecule has 1 saturated heterocycles. The summed E-state index contributed by atoms with van der Waals surface area (Å²) in [7, 11) is 0. The fraction of sp³-hybridized carbons (Fsp3) is 0.300. The highest BCUT2D eigenvalue weighted by Crippen LogP contribution is 2.27. The summed E-state index contributed by atoms with van der Waals surface area (Å²) in [6.07, 6.45) is -0.269. The first-order chi connectivity index (χ1) is 6.70. The summed E-state index contributed by atoms with van der Waals surface area (Å²) in [5.74, 6) is -0.528. The highest BCUT2D eigenvalue weighted by atomic mass is 16.1. The number of benzene rings is 1. The van der Waals surface area contributed by atoms with Crippen LogP contribution in [0.5, 0.6) is 0 Å². The Morgan fingerprint density at radius 1 is 1.36 bits per heavy atom. The van der Waals surface area contributed by atoms with E-state index in [1.54, 1.807) is 0 Å². The average Bonchev–Trinajstić information content (AvgIpc) is 2.17. The van der Waals surface area contributed by atoms with Gasteiger partial charge in [0.25, 0.3) is 0 Å². The van der Waals surface area contributed by atoms with Crippen molar-refractivity contribution in [1.29, 1.82) is 0 Å². The zero-order valence-electron chi connectivity index (χ0n) is 7.76. The SMILES string of the molecule is NC(=O)C1CN(c2ccccc2)C1N. The Morgan fingerprint density at radius 2 is 2.00 bits per heavy atom. The van der Waals surface area contributed by atoms with Gasteiger partial charge in [0.15, 0.2) is 0 Å². The summed E-state index contributed by atoms with van der Waals surface area (Å²) < 4.78 is 0. The van der Waals surface area contributed by atoms with Gasteiger partial charge in [-0.05, 0) is 12.1 Å². The van der Waals surface area contributed by atoms with Crippen molar-refractivity contribution in [3.05, 3.63) is 30.3 Å². The van der Waals surface area contributed by atoms with Crippen LogP contribution in [0.2, 0.25) is 0 Å². The van der Waals surface area contributed by atoms with Crippen molar-refractivity contribution < 1.29 is 4.79 Å². The summed E-state index contributed by atoms with van der Waals surface area (Å²) in [5.41, 5.74) is 12.0. The van der Waals surface area contributed by atoms with Crippen LogP contribution in [0.15, 0.2) is 30.3 Å². The van der Waals surface area contributed by atoms with Gasteiger partial charge >= 0.3 is 0 Å². The van der Waals surface area contributed by atoms with Crippen molar-refractivity contribution in [3.8, 4) is 0 Å². The van der Waals surface area contributed by atoms with Crippen molar-refractivity contribution >= 4 is 11.6 Å². The van der Waals surface area contributed by atoms with Crippen molar-refractivity contribution in [2.24, 2.45) is 17.4 Å². The molecule has 1 aromatic rings. The minimum atomic E-state index is -0.315. The smallest absolute Gasteiger partial charge is 0.225 e. The van der Waals surface area contributed by atoms with Crippen LogP contribution in [0.25, 0.3) is 0 Å². The van der Waals surface area contributed by atoms with E-state index in [-0.39, 0.29) is 18.0 Å². The van der Waals surface area contributed by atoms with E-state index in [2.05, 4.69) is 0 Å². The molecule has 0 radical (unpaired) electrons. The average molecular weight is 191 g/mol. The number of rotatable bonds is 2. The second kappa shape index (κ2) is 3.31. The maximum atomic E-state index is 10.9. The van der Waals surface area contributed by atoms with Crippen LogP contribution in [0, 0.1) is 5.92 Å². The summed E-state index contributed by atoms with van der Waals surface area (Å²) in [6, 6.07) is 9.77. The Hall–Kier alpha value is -1.55. The first-order valence-electron chi connectivity index (χ1n) is 4.57. The lowest BCUT2D eigenvalue weighted by atomic mass is 9.94. The molecular weight excluding hydrogens is 178 g/mol. The molecule has 2 unspecified atom stereocenters. The topological polar surface area (TPSA) is 72.4 Å². The molecule has 0 saturated carbocycles. The third-order valence-electron chi connectivity index (χ3n) is 2.62. The number of amides is 1. The Bertz CT molecular complexity index is 338. The molecule has 14 heavy (non-hydrogen) atoms. The second-order valence-corrected chi connectivity index (χ2v) is 3.49. The van der Waals surface area contributed by atoms with Crippen molar-refractivity contribution in [3.63, 3.8) is 0 Å². The van der Waals surface area contributed by atoms with Crippen LogP contribution in [0.1, 0.15) is 0 Å². The Labute approximate surface area is 82.5 Å². The molecule has 2 rings (SSSR count). The maximum absolute atomic E-state index is 10.9. The lowest BCUT2D eigenvalue weighted by Crippen LogP contribution is -2.65. The third kappa shape index (κ3) is 1.33. The van der Waals surface area contributed by atoms with E-state index in [0.29, 0.717) is 6.54 Å². The predicted octanol–water partition coefficient (Wildman–Crippen LogP) is -0.107. The summed E-state index contributed by atoms with van der Waals surface area (Å²) in [5, 5.41) is 0. The number of hydrogen-bond donors (Lipinski definition) is 2. The Morgan fingerprint density at radius 3 is 2.50 bits per heavy atom. The van der Waals surface area contributed by atoms with Gasteiger partial charge in [0.1, 0.15) is 0 Å². The van der Waals surface area contributed by atoms with E-state index in [4.69, 9.17) is 11.5 Å². The van der Waals surface area contributed by atoms with Gasteiger partial charge in [0.05, 0.1) is 12.1 Å². The number of para-hydroxylation sites is 1. The molecule has 0 spiro atoms. The van der Waals surface area contributed by atoms with Gasteiger partial charge in [-0.3, -0.25) is 4.79 Å². The normalized spacial score (nSPS) is 25.6. The fourth-order valence-corrected chi connectivity index (χ4v) is 1.68. The van der Waals surface area contributed by atoms with Crippen LogP contribution in [0.4, 0.5) is 5.69 Å². The maximum Gasteiger partial charge on any atom is 0.225 e. The van der Waals surface area contributed by atoms with Gasteiger partial charge in [-0.2, -0.15) is 0 Å². The Balaban J connectivity index is 2.08. The molecular formula is C10H13N3O. The molecule has 0 bridgehead atoms. The predicted molar refractivity (Wildman–Crippen MR) is 54.4 cm³/mol. The van der Waals surface area contributed by atoms with E-state index in [1.165, 1.54) is 0 Å². The minimum absolute atomic E-state index is 0.213. The number of carbonyl (C=O) groups excluding carboxylic acids is 1. The molecule has 1 fully saturated rings. The highest BCUT2D eigenvalue weighted by molar-refractivity contribution is 5.81. The highest BCUT2D eigenvalue weighted by Gasteiger charge is 2.39. The van der Waals surface area contributed by atoms with Gasteiger partial charge < -0.3 is 16.4 Å². The number of nitrogens with two attached hydrogens (primary N) is 2. The molecule has 4 N–H and O–H groups in total. The summed E-state index contributed by atoms with van der Waals surface area (Å²) >= 11 is 0. The summed E-state index contributed by atoms with van der Waals surface area (Å²) in [4.78, 5) is 12.9. The molecule has 1 aromatic carbocycles. The molecule has 1 heterocycles. The lowest BCUT2D eigenvalue weighted by Gasteiger charge is -2.45. The molecule has 1 amide bonds. The lowest BCUT2D eigenvalue weighted by molar-refractivity contribution is -0.123. The van der Waals surface area contributed by atoms with Crippen molar-refractivity contribution in [1.82, 2.24) is 0 Å². The molecule has 2 atom stereocenters. The van der Waals surface area contributed by atoms with Gasteiger partial charge in [-0.1, -0.05) is 18.2 Å². The van der Waals surface area contributed by atoms with Gasteiger partial charge in [-0.15, -0.1) is 0 Å². The molecule has 1 aliphatic rings. The molecule has 74 valence electrons. The summed E-state index contributed by atoms with van der Waals surface area (Å²) in [6.45, 7) is 0.626. The van der Waals surface area contributed by atoms with Gasteiger partial charge in [0, 0.05) is 12.2 Å². The number of carbonyl (C=O) groups is 1. The molecule has 0 aliphatic carbocycles. The second-order valence-electron chi connectivity index (χ2n) is 3.49. The third-order valence-corrected chi connectivity index (χ3v) is 2.62. The standard InChI is InChI=1S/C10H13N3O/c11-9-8(10(12)14)6-13(9)7-4-2-1-3-5-7/h1-5,8-9H,6,11H2,(H2,12,14). The van der Waals surface area contributed by atoms with E-state index in [0.717, 1.165) is 5.69 Å². The zero-order chi connectivity index (χ0) is 10.1. The van der Waals surface area contributed by atoms with Crippen LogP contribution in [0.3, 0.4) is 0 Å². The number of anilines is 1. The first-order valence-corrected chi connectivity index (χ1v) is 4.57. The van der Waals surface area contributed by atoms with Crippen LogP contribution < -0.4 is 16.4 Å². The number of nitrogens with zero attached hydrogens (tertiary/aromatic N) is 1. The van der Waals surface area contributed by atoms with E-state index >= 15 is 0 Å². The molecule has 4 heteroatoms. The molecule has 1 aliphatic heterocycles. The first kappa shape index (κ1) is 9.02. The van der Waals surface area contributed by atoms with Crippen LogP contribution >= 0.6 is 0 Å². The van der Waals surface area contributed by atoms with Gasteiger partial charge in [0.2, 0.25) is 5.91 Å². The van der Waals surface area contributed by atoms with Crippen molar-refractivity contribution in [2.45, 2.75) is 6.17 Å². The van der Waals surface area contributed by atoms with Gasteiger partial charge in [-0.25, -0.2) is 0 Å². The molecule has 4 nitrogen and oxygen atoms in total.